The number of nitriles is 1. The highest BCUT2D eigenvalue weighted by Crippen LogP contribution is 2.39. The van der Waals surface area contributed by atoms with Gasteiger partial charge in [0.2, 0.25) is 0 Å². The van der Waals surface area contributed by atoms with Crippen LogP contribution in [-0.2, 0) is 16.3 Å². The molecule has 0 saturated heterocycles. The lowest BCUT2D eigenvalue weighted by molar-refractivity contribution is 0.338. The Morgan fingerprint density at radius 2 is 2.04 bits per heavy atom. The summed E-state index contributed by atoms with van der Waals surface area (Å²) in [5.74, 6) is 0.558. The van der Waals surface area contributed by atoms with Crippen LogP contribution in [0, 0.1) is 18.3 Å². The van der Waals surface area contributed by atoms with Crippen LogP contribution in [0.3, 0.4) is 0 Å². The summed E-state index contributed by atoms with van der Waals surface area (Å²) in [5.41, 5.74) is 8.91. The summed E-state index contributed by atoms with van der Waals surface area (Å²) in [6, 6.07) is 5.62. The van der Waals surface area contributed by atoms with Gasteiger partial charge in [-0.2, -0.15) is 5.26 Å². The Morgan fingerprint density at radius 1 is 1.32 bits per heavy atom. The third kappa shape index (κ3) is 3.98. The summed E-state index contributed by atoms with van der Waals surface area (Å²) in [4.78, 5) is 4.14. The number of sulfone groups is 1. The Labute approximate surface area is 148 Å². The summed E-state index contributed by atoms with van der Waals surface area (Å²) in [5, 5.41) is 9.63. The molecule has 0 radical (unpaired) electrons. The SMILES string of the molecule is CCOc1c(CCN)cc(C)c(C#N)c1-c1cncc(S(C)(=O)=O)c1. The van der Waals surface area contributed by atoms with Crippen molar-refractivity contribution in [2.45, 2.75) is 25.2 Å². The zero-order valence-corrected chi connectivity index (χ0v) is 15.4. The molecule has 0 amide bonds. The Kier molecular flexibility index (Phi) is 5.77. The number of benzene rings is 1. The lowest BCUT2D eigenvalue weighted by atomic mass is 9.92. The zero-order valence-electron chi connectivity index (χ0n) is 14.5. The fourth-order valence-corrected chi connectivity index (χ4v) is 3.29. The highest BCUT2D eigenvalue weighted by Gasteiger charge is 2.20. The van der Waals surface area contributed by atoms with Crippen LogP contribution < -0.4 is 10.5 Å². The molecule has 0 aliphatic heterocycles. The molecule has 0 spiro atoms. The van der Waals surface area contributed by atoms with Gasteiger partial charge in [-0.15, -0.1) is 0 Å². The molecule has 0 bridgehead atoms. The fourth-order valence-electron chi connectivity index (χ4n) is 2.70. The standard InChI is InChI=1S/C18H21N3O3S/c1-4-24-18-13(5-6-19)7-12(2)16(9-20)17(18)14-8-15(11-21-10-14)25(3,22)23/h7-8,10-11H,4-6,19H2,1-3H3. The molecule has 2 N–H and O–H groups in total. The summed E-state index contributed by atoms with van der Waals surface area (Å²) in [6.45, 7) is 4.54. The lowest BCUT2D eigenvalue weighted by Gasteiger charge is -2.18. The van der Waals surface area contributed by atoms with Gasteiger partial charge in [-0.1, -0.05) is 6.07 Å². The van der Waals surface area contributed by atoms with E-state index in [2.05, 4.69) is 11.1 Å². The first-order valence-corrected chi connectivity index (χ1v) is 9.77. The van der Waals surface area contributed by atoms with Crippen LogP contribution in [0.4, 0.5) is 0 Å². The van der Waals surface area contributed by atoms with Crippen molar-refractivity contribution in [3.05, 3.63) is 41.2 Å². The number of pyridine rings is 1. The molecule has 2 aromatic rings. The summed E-state index contributed by atoms with van der Waals surface area (Å²) >= 11 is 0. The minimum Gasteiger partial charge on any atom is -0.493 e. The molecule has 1 aromatic carbocycles. The largest absolute Gasteiger partial charge is 0.493 e. The molecular formula is C18H21N3O3S. The van der Waals surface area contributed by atoms with Gasteiger partial charge in [0.1, 0.15) is 11.8 Å². The molecule has 0 aliphatic carbocycles. The number of aromatic nitrogens is 1. The van der Waals surface area contributed by atoms with Gasteiger partial charge < -0.3 is 10.5 Å². The van der Waals surface area contributed by atoms with Crippen molar-refractivity contribution in [2.75, 3.05) is 19.4 Å². The van der Waals surface area contributed by atoms with Gasteiger partial charge in [-0.3, -0.25) is 4.98 Å². The van der Waals surface area contributed by atoms with Gasteiger partial charge in [-0.05, 0) is 44.0 Å². The van der Waals surface area contributed by atoms with Gasteiger partial charge in [0, 0.05) is 29.8 Å². The quantitative estimate of drug-likeness (QED) is 0.848. The number of nitrogens with two attached hydrogens (primary N) is 1. The van der Waals surface area contributed by atoms with E-state index in [9.17, 15) is 13.7 Å². The maximum atomic E-state index is 11.9. The van der Waals surface area contributed by atoms with Crippen LogP contribution in [-0.4, -0.2) is 32.8 Å². The van der Waals surface area contributed by atoms with Gasteiger partial charge in [0.15, 0.2) is 9.84 Å². The second-order valence-electron chi connectivity index (χ2n) is 5.70. The van der Waals surface area contributed by atoms with E-state index in [-0.39, 0.29) is 4.90 Å². The van der Waals surface area contributed by atoms with Crippen LogP contribution >= 0.6 is 0 Å². The monoisotopic (exact) mass is 359 g/mol. The molecule has 7 heteroatoms. The Bertz CT molecular complexity index is 931. The van der Waals surface area contributed by atoms with Crippen molar-refractivity contribution < 1.29 is 13.2 Å². The van der Waals surface area contributed by atoms with Crippen LogP contribution in [0.2, 0.25) is 0 Å². The van der Waals surface area contributed by atoms with E-state index in [4.69, 9.17) is 10.5 Å². The molecule has 0 saturated carbocycles. The van der Waals surface area contributed by atoms with Crippen LogP contribution in [0.25, 0.3) is 11.1 Å². The number of nitrogens with zero attached hydrogens (tertiary/aromatic N) is 2. The molecule has 6 nitrogen and oxygen atoms in total. The predicted octanol–water partition coefficient (Wildman–Crippen LogP) is 2.23. The maximum Gasteiger partial charge on any atom is 0.177 e. The number of rotatable bonds is 6. The van der Waals surface area contributed by atoms with E-state index >= 15 is 0 Å². The second kappa shape index (κ2) is 7.64. The van der Waals surface area contributed by atoms with Crippen molar-refractivity contribution in [2.24, 2.45) is 5.73 Å². The molecule has 0 aliphatic rings. The van der Waals surface area contributed by atoms with Crippen LogP contribution in [0.15, 0.2) is 29.4 Å². The molecule has 25 heavy (non-hydrogen) atoms. The van der Waals surface area contributed by atoms with Gasteiger partial charge in [0.25, 0.3) is 0 Å². The third-order valence-corrected chi connectivity index (χ3v) is 4.88. The molecule has 0 fully saturated rings. The van der Waals surface area contributed by atoms with E-state index < -0.39 is 9.84 Å². The Morgan fingerprint density at radius 3 is 2.60 bits per heavy atom. The summed E-state index contributed by atoms with van der Waals surface area (Å²) in [6.07, 6.45) is 4.55. The molecule has 0 atom stereocenters. The molecule has 1 heterocycles. The highest BCUT2D eigenvalue weighted by atomic mass is 32.2. The molecule has 2 rings (SSSR count). The van der Waals surface area contributed by atoms with Crippen molar-refractivity contribution >= 4 is 9.84 Å². The zero-order chi connectivity index (χ0) is 18.6. The maximum absolute atomic E-state index is 11.9. The number of aryl methyl sites for hydroxylation is 1. The van der Waals surface area contributed by atoms with E-state index in [0.29, 0.717) is 42.0 Å². The number of hydrogen-bond acceptors (Lipinski definition) is 6. The predicted molar refractivity (Wildman–Crippen MR) is 96.2 cm³/mol. The normalized spacial score (nSPS) is 11.2. The Balaban J connectivity index is 2.85. The highest BCUT2D eigenvalue weighted by molar-refractivity contribution is 7.90. The van der Waals surface area contributed by atoms with Crippen molar-refractivity contribution in [3.8, 4) is 22.9 Å². The van der Waals surface area contributed by atoms with Gasteiger partial charge in [0.05, 0.1) is 17.1 Å². The van der Waals surface area contributed by atoms with E-state index in [0.717, 1.165) is 17.4 Å². The minimum absolute atomic E-state index is 0.0956. The molecular weight excluding hydrogens is 338 g/mol. The van der Waals surface area contributed by atoms with Gasteiger partial charge in [-0.25, -0.2) is 8.42 Å². The average molecular weight is 359 g/mol. The minimum atomic E-state index is -3.41. The fraction of sp³-hybridized carbons (Fsp3) is 0.333. The Hall–Kier alpha value is -2.43. The van der Waals surface area contributed by atoms with Crippen molar-refractivity contribution in [1.82, 2.24) is 4.98 Å². The summed E-state index contributed by atoms with van der Waals surface area (Å²) in [7, 11) is -3.41. The summed E-state index contributed by atoms with van der Waals surface area (Å²) < 4.78 is 29.5. The molecule has 0 unspecified atom stereocenters. The first-order chi connectivity index (χ1) is 11.8. The van der Waals surface area contributed by atoms with Gasteiger partial charge >= 0.3 is 0 Å². The third-order valence-electron chi connectivity index (χ3n) is 3.80. The van der Waals surface area contributed by atoms with E-state index in [1.165, 1.54) is 12.3 Å². The van der Waals surface area contributed by atoms with E-state index in [1.807, 2.05) is 19.9 Å². The smallest absolute Gasteiger partial charge is 0.177 e. The van der Waals surface area contributed by atoms with Crippen LogP contribution in [0.1, 0.15) is 23.6 Å². The van der Waals surface area contributed by atoms with E-state index in [1.54, 1.807) is 6.20 Å². The van der Waals surface area contributed by atoms with Crippen molar-refractivity contribution in [1.29, 1.82) is 5.26 Å². The first-order valence-electron chi connectivity index (χ1n) is 7.88. The van der Waals surface area contributed by atoms with Crippen molar-refractivity contribution in [3.63, 3.8) is 0 Å². The number of hydrogen-bond donors (Lipinski definition) is 1. The number of ether oxygens (including phenoxy) is 1. The lowest BCUT2D eigenvalue weighted by Crippen LogP contribution is -2.08. The topological polar surface area (TPSA) is 106 Å². The van der Waals surface area contributed by atoms with Crippen LogP contribution in [0.5, 0.6) is 5.75 Å². The average Bonchev–Trinajstić information content (AvgIpc) is 2.56. The molecule has 1 aromatic heterocycles. The first kappa shape index (κ1) is 18.9. The second-order valence-corrected chi connectivity index (χ2v) is 7.71. The molecule has 132 valence electrons.